The molecule has 1 aliphatic carbocycles. The number of hydrogen-bond acceptors (Lipinski definition) is 3. The lowest BCUT2D eigenvalue weighted by atomic mass is 10.1. The Morgan fingerprint density at radius 2 is 2.20 bits per heavy atom. The molecule has 0 spiro atoms. The summed E-state index contributed by atoms with van der Waals surface area (Å²) in [6.45, 7) is 7.70. The van der Waals surface area contributed by atoms with Gasteiger partial charge in [0.2, 0.25) is 0 Å². The summed E-state index contributed by atoms with van der Waals surface area (Å²) >= 11 is 1.85. The van der Waals surface area contributed by atoms with Crippen molar-refractivity contribution >= 4 is 11.3 Å². The zero-order chi connectivity index (χ0) is 10.8. The normalized spacial score (nSPS) is 18.1. The van der Waals surface area contributed by atoms with Crippen LogP contribution in [-0.2, 0) is 6.42 Å². The van der Waals surface area contributed by atoms with Gasteiger partial charge in [0.25, 0.3) is 0 Å². The van der Waals surface area contributed by atoms with Crippen LogP contribution in [0.3, 0.4) is 0 Å². The first-order valence-electron chi connectivity index (χ1n) is 5.81. The summed E-state index contributed by atoms with van der Waals surface area (Å²) in [7, 11) is 0. The first-order chi connectivity index (χ1) is 7.15. The summed E-state index contributed by atoms with van der Waals surface area (Å²) in [6.07, 6.45) is 3.88. The lowest BCUT2D eigenvalue weighted by molar-refractivity contribution is 0.508. The van der Waals surface area contributed by atoms with E-state index in [-0.39, 0.29) is 0 Å². The fraction of sp³-hybridized carbons (Fsp3) is 0.750. The van der Waals surface area contributed by atoms with Crippen LogP contribution in [-0.4, -0.2) is 17.6 Å². The molecule has 1 fully saturated rings. The Hall–Kier alpha value is -0.410. The molecule has 0 aliphatic heterocycles. The molecule has 1 heterocycles. The highest BCUT2D eigenvalue weighted by atomic mass is 32.1. The maximum atomic E-state index is 4.58. The predicted molar refractivity (Wildman–Crippen MR) is 65.5 cm³/mol. The summed E-state index contributed by atoms with van der Waals surface area (Å²) in [5.41, 5.74) is 1.21. The second-order valence-corrected chi connectivity index (χ2v) is 6.03. The molecule has 1 aromatic heterocycles. The quantitative estimate of drug-likeness (QED) is 0.832. The van der Waals surface area contributed by atoms with Crippen LogP contribution < -0.4 is 5.32 Å². The van der Waals surface area contributed by atoms with Crippen LogP contribution in [0.4, 0.5) is 0 Å². The minimum Gasteiger partial charge on any atom is -0.314 e. The number of nitrogens with one attached hydrogen (secondary N) is 1. The molecule has 1 aromatic rings. The Morgan fingerprint density at radius 3 is 2.73 bits per heavy atom. The Labute approximate surface area is 96.1 Å². The molecule has 0 radical (unpaired) electrons. The van der Waals surface area contributed by atoms with E-state index in [1.165, 1.54) is 28.4 Å². The van der Waals surface area contributed by atoms with Crippen molar-refractivity contribution in [3.05, 3.63) is 15.6 Å². The van der Waals surface area contributed by atoms with Crippen molar-refractivity contribution in [1.82, 2.24) is 10.3 Å². The smallest absolute Gasteiger partial charge is 0.0934 e. The summed E-state index contributed by atoms with van der Waals surface area (Å²) in [5.74, 6) is 0.704. The third-order valence-electron chi connectivity index (χ3n) is 2.93. The van der Waals surface area contributed by atoms with Gasteiger partial charge in [-0.15, -0.1) is 11.3 Å². The number of thiazole rings is 1. The van der Waals surface area contributed by atoms with Crippen molar-refractivity contribution in [2.75, 3.05) is 6.54 Å². The van der Waals surface area contributed by atoms with E-state index in [1.807, 2.05) is 11.3 Å². The highest BCUT2D eigenvalue weighted by Gasteiger charge is 2.21. The fourth-order valence-electron chi connectivity index (χ4n) is 1.65. The lowest BCUT2D eigenvalue weighted by Crippen LogP contribution is -2.24. The molecular formula is C12H20N2S. The highest BCUT2D eigenvalue weighted by molar-refractivity contribution is 7.11. The molecule has 2 rings (SSSR count). The van der Waals surface area contributed by atoms with Crippen LogP contribution in [0, 0.1) is 19.8 Å². The number of aromatic nitrogens is 1. The van der Waals surface area contributed by atoms with Crippen molar-refractivity contribution < 1.29 is 0 Å². The van der Waals surface area contributed by atoms with Gasteiger partial charge in [-0.1, -0.05) is 6.92 Å². The standard InChI is InChI=1S/C12H20N2S/c1-8(7-13-11-4-5-11)6-12-14-9(2)10(3)15-12/h8,11,13H,4-7H2,1-3H3. The van der Waals surface area contributed by atoms with E-state index in [0.717, 1.165) is 19.0 Å². The molecule has 0 aromatic carbocycles. The van der Waals surface area contributed by atoms with Crippen LogP contribution in [0.2, 0.25) is 0 Å². The molecule has 1 N–H and O–H groups in total. The SMILES string of the molecule is Cc1nc(CC(C)CNC2CC2)sc1C. The van der Waals surface area contributed by atoms with Gasteiger partial charge < -0.3 is 5.32 Å². The average molecular weight is 224 g/mol. The Morgan fingerprint density at radius 1 is 1.47 bits per heavy atom. The summed E-state index contributed by atoms with van der Waals surface area (Å²) < 4.78 is 0. The van der Waals surface area contributed by atoms with Crippen molar-refractivity contribution in [3.63, 3.8) is 0 Å². The van der Waals surface area contributed by atoms with Gasteiger partial charge in [-0.05, 0) is 39.2 Å². The predicted octanol–water partition coefficient (Wildman–Crippen LogP) is 2.69. The molecule has 0 amide bonds. The molecule has 2 nitrogen and oxygen atoms in total. The van der Waals surface area contributed by atoms with Gasteiger partial charge in [-0.3, -0.25) is 0 Å². The van der Waals surface area contributed by atoms with E-state index in [0.29, 0.717) is 5.92 Å². The first-order valence-corrected chi connectivity index (χ1v) is 6.63. The Kier molecular flexibility index (Phi) is 3.42. The molecule has 1 aliphatic rings. The molecular weight excluding hydrogens is 204 g/mol. The monoisotopic (exact) mass is 224 g/mol. The zero-order valence-electron chi connectivity index (χ0n) is 9.84. The van der Waals surface area contributed by atoms with Crippen molar-refractivity contribution in [2.24, 2.45) is 5.92 Å². The number of aryl methyl sites for hydroxylation is 2. The minimum atomic E-state index is 0.704. The van der Waals surface area contributed by atoms with E-state index in [9.17, 15) is 0 Å². The molecule has 1 atom stereocenters. The van der Waals surface area contributed by atoms with E-state index in [4.69, 9.17) is 0 Å². The second-order valence-electron chi connectivity index (χ2n) is 4.74. The first kappa shape index (κ1) is 11.1. The molecule has 1 saturated carbocycles. The van der Waals surface area contributed by atoms with Gasteiger partial charge in [-0.25, -0.2) is 4.98 Å². The molecule has 84 valence electrons. The average Bonchev–Trinajstić information content (AvgIpc) is 2.93. The second kappa shape index (κ2) is 4.62. The molecule has 0 bridgehead atoms. The number of rotatable bonds is 5. The van der Waals surface area contributed by atoms with Crippen molar-refractivity contribution in [2.45, 2.75) is 46.1 Å². The van der Waals surface area contributed by atoms with E-state index in [1.54, 1.807) is 0 Å². The zero-order valence-corrected chi connectivity index (χ0v) is 10.7. The van der Waals surface area contributed by atoms with Gasteiger partial charge >= 0.3 is 0 Å². The molecule has 15 heavy (non-hydrogen) atoms. The van der Waals surface area contributed by atoms with Gasteiger partial charge in [0, 0.05) is 17.3 Å². The van der Waals surface area contributed by atoms with Gasteiger partial charge in [0.05, 0.1) is 10.7 Å². The van der Waals surface area contributed by atoms with Gasteiger partial charge in [-0.2, -0.15) is 0 Å². The van der Waals surface area contributed by atoms with Crippen LogP contribution in [0.5, 0.6) is 0 Å². The Bertz CT molecular complexity index is 309. The summed E-state index contributed by atoms with van der Waals surface area (Å²) in [6, 6.07) is 0.826. The van der Waals surface area contributed by atoms with Crippen LogP contribution in [0.1, 0.15) is 35.3 Å². The van der Waals surface area contributed by atoms with E-state index < -0.39 is 0 Å². The van der Waals surface area contributed by atoms with Gasteiger partial charge in [0.15, 0.2) is 0 Å². The van der Waals surface area contributed by atoms with E-state index in [2.05, 4.69) is 31.1 Å². The molecule has 0 saturated heterocycles. The lowest BCUT2D eigenvalue weighted by Gasteiger charge is -2.09. The largest absolute Gasteiger partial charge is 0.314 e. The topological polar surface area (TPSA) is 24.9 Å². The van der Waals surface area contributed by atoms with Crippen LogP contribution in [0.15, 0.2) is 0 Å². The molecule has 3 heteroatoms. The molecule has 1 unspecified atom stereocenters. The van der Waals surface area contributed by atoms with Crippen molar-refractivity contribution in [3.8, 4) is 0 Å². The summed E-state index contributed by atoms with van der Waals surface area (Å²) in [4.78, 5) is 5.95. The number of hydrogen-bond donors (Lipinski definition) is 1. The summed E-state index contributed by atoms with van der Waals surface area (Å²) in [5, 5.41) is 4.88. The van der Waals surface area contributed by atoms with Gasteiger partial charge in [0.1, 0.15) is 0 Å². The minimum absolute atomic E-state index is 0.704. The van der Waals surface area contributed by atoms with E-state index >= 15 is 0 Å². The fourth-order valence-corrected chi connectivity index (χ4v) is 2.75. The third-order valence-corrected chi connectivity index (χ3v) is 4.02. The third kappa shape index (κ3) is 3.28. The maximum Gasteiger partial charge on any atom is 0.0934 e. The van der Waals surface area contributed by atoms with Crippen molar-refractivity contribution in [1.29, 1.82) is 0 Å². The van der Waals surface area contributed by atoms with Crippen LogP contribution >= 0.6 is 11.3 Å². The number of nitrogens with zero attached hydrogens (tertiary/aromatic N) is 1. The Balaban J connectivity index is 1.78. The van der Waals surface area contributed by atoms with Crippen LogP contribution in [0.25, 0.3) is 0 Å². The maximum absolute atomic E-state index is 4.58. The highest BCUT2D eigenvalue weighted by Crippen LogP contribution is 2.21.